The van der Waals surface area contributed by atoms with Crippen LogP contribution in [0.25, 0.3) is 0 Å². The van der Waals surface area contributed by atoms with Crippen molar-refractivity contribution in [3.8, 4) is 0 Å². The highest BCUT2D eigenvalue weighted by Crippen LogP contribution is 2.29. The average Bonchev–Trinajstić information content (AvgIpc) is 2.35. The Morgan fingerprint density at radius 2 is 2.00 bits per heavy atom. The SMILES string of the molecule is CCCN(CC)S(=O)(=O)c1cc(Br)ccc1[N+](=O)[O-]. The molecule has 106 valence electrons. The van der Waals surface area contributed by atoms with Gasteiger partial charge in [-0.3, -0.25) is 10.1 Å². The van der Waals surface area contributed by atoms with Crippen molar-refractivity contribution in [2.75, 3.05) is 13.1 Å². The molecular weight excluding hydrogens is 336 g/mol. The van der Waals surface area contributed by atoms with Crippen molar-refractivity contribution < 1.29 is 13.3 Å². The number of hydrogen-bond donors (Lipinski definition) is 0. The first-order valence-corrected chi connectivity index (χ1v) is 8.02. The minimum Gasteiger partial charge on any atom is -0.258 e. The molecular formula is C11H15BrN2O4S. The molecule has 0 heterocycles. The second kappa shape index (κ2) is 6.44. The van der Waals surface area contributed by atoms with E-state index in [1.807, 2.05) is 6.92 Å². The molecule has 0 amide bonds. The lowest BCUT2D eigenvalue weighted by molar-refractivity contribution is -0.387. The van der Waals surface area contributed by atoms with E-state index in [-0.39, 0.29) is 11.4 Å². The monoisotopic (exact) mass is 350 g/mol. The molecule has 19 heavy (non-hydrogen) atoms. The van der Waals surface area contributed by atoms with E-state index in [1.165, 1.54) is 22.5 Å². The summed E-state index contributed by atoms with van der Waals surface area (Å²) < 4.78 is 26.6. The minimum atomic E-state index is -3.85. The third-order valence-electron chi connectivity index (χ3n) is 2.56. The molecule has 0 atom stereocenters. The number of halogens is 1. The maximum absolute atomic E-state index is 12.4. The molecule has 0 aliphatic heterocycles. The third-order valence-corrected chi connectivity index (χ3v) is 5.06. The summed E-state index contributed by atoms with van der Waals surface area (Å²) in [6.07, 6.45) is 0.648. The molecule has 1 aromatic rings. The fourth-order valence-electron chi connectivity index (χ4n) is 1.68. The van der Waals surface area contributed by atoms with Crippen LogP contribution in [0.4, 0.5) is 5.69 Å². The van der Waals surface area contributed by atoms with Gasteiger partial charge in [-0.05, 0) is 18.6 Å². The molecule has 0 aromatic heterocycles. The van der Waals surface area contributed by atoms with Crippen LogP contribution in [0.15, 0.2) is 27.6 Å². The summed E-state index contributed by atoms with van der Waals surface area (Å²) in [7, 11) is -3.85. The van der Waals surface area contributed by atoms with E-state index in [0.29, 0.717) is 17.4 Å². The number of nitrogens with zero attached hydrogens (tertiary/aromatic N) is 2. The number of hydrogen-bond acceptors (Lipinski definition) is 4. The van der Waals surface area contributed by atoms with Gasteiger partial charge >= 0.3 is 0 Å². The van der Waals surface area contributed by atoms with Gasteiger partial charge in [0.2, 0.25) is 10.0 Å². The molecule has 0 aliphatic rings. The lowest BCUT2D eigenvalue weighted by atomic mass is 10.3. The Balaban J connectivity index is 3.42. The third kappa shape index (κ3) is 3.52. The molecule has 0 N–H and O–H groups in total. The van der Waals surface area contributed by atoms with Crippen LogP contribution in [0.3, 0.4) is 0 Å². The number of sulfonamides is 1. The van der Waals surface area contributed by atoms with Crippen molar-refractivity contribution in [1.29, 1.82) is 0 Å². The van der Waals surface area contributed by atoms with Crippen LogP contribution >= 0.6 is 15.9 Å². The van der Waals surface area contributed by atoms with Gasteiger partial charge in [0.25, 0.3) is 5.69 Å². The van der Waals surface area contributed by atoms with Gasteiger partial charge in [-0.1, -0.05) is 29.8 Å². The van der Waals surface area contributed by atoms with Crippen molar-refractivity contribution in [3.05, 3.63) is 32.8 Å². The Morgan fingerprint density at radius 1 is 1.37 bits per heavy atom. The van der Waals surface area contributed by atoms with Gasteiger partial charge in [-0.25, -0.2) is 8.42 Å². The molecule has 1 aromatic carbocycles. The highest BCUT2D eigenvalue weighted by molar-refractivity contribution is 9.10. The maximum Gasteiger partial charge on any atom is 0.289 e. The molecule has 0 radical (unpaired) electrons. The smallest absolute Gasteiger partial charge is 0.258 e. The highest BCUT2D eigenvalue weighted by atomic mass is 79.9. The molecule has 6 nitrogen and oxygen atoms in total. The summed E-state index contributed by atoms with van der Waals surface area (Å²) in [5.74, 6) is 0. The quantitative estimate of drug-likeness (QED) is 0.583. The summed E-state index contributed by atoms with van der Waals surface area (Å²) in [5.41, 5.74) is -0.405. The first-order valence-electron chi connectivity index (χ1n) is 5.78. The summed E-state index contributed by atoms with van der Waals surface area (Å²) >= 11 is 3.14. The molecule has 1 rings (SSSR count). The zero-order valence-electron chi connectivity index (χ0n) is 10.7. The molecule has 0 spiro atoms. The Kier molecular flexibility index (Phi) is 5.45. The Bertz CT molecular complexity index is 574. The number of nitro groups is 1. The largest absolute Gasteiger partial charge is 0.289 e. The van der Waals surface area contributed by atoms with E-state index in [9.17, 15) is 18.5 Å². The fourth-order valence-corrected chi connectivity index (χ4v) is 3.92. The number of benzene rings is 1. The number of nitro benzene ring substituents is 1. The van der Waals surface area contributed by atoms with Crippen molar-refractivity contribution in [2.24, 2.45) is 0 Å². The van der Waals surface area contributed by atoms with E-state index in [1.54, 1.807) is 6.92 Å². The highest BCUT2D eigenvalue weighted by Gasteiger charge is 2.30. The second-order valence-corrected chi connectivity index (χ2v) is 6.69. The van der Waals surface area contributed by atoms with Gasteiger partial charge < -0.3 is 0 Å². The van der Waals surface area contributed by atoms with Crippen molar-refractivity contribution in [1.82, 2.24) is 4.31 Å². The van der Waals surface area contributed by atoms with E-state index in [2.05, 4.69) is 15.9 Å². The summed E-state index contributed by atoms with van der Waals surface area (Å²) in [5, 5.41) is 11.0. The van der Waals surface area contributed by atoms with Crippen LogP contribution in [0.5, 0.6) is 0 Å². The van der Waals surface area contributed by atoms with Crippen LogP contribution in [0.1, 0.15) is 20.3 Å². The normalized spacial score (nSPS) is 11.8. The maximum atomic E-state index is 12.4. The molecule has 0 saturated heterocycles. The fraction of sp³-hybridized carbons (Fsp3) is 0.455. The second-order valence-electron chi connectivity index (χ2n) is 3.87. The Hall–Kier alpha value is -0.990. The van der Waals surface area contributed by atoms with Gasteiger partial charge in [0.1, 0.15) is 0 Å². The zero-order valence-corrected chi connectivity index (χ0v) is 13.1. The van der Waals surface area contributed by atoms with Crippen molar-refractivity contribution in [2.45, 2.75) is 25.2 Å². The number of rotatable bonds is 6. The van der Waals surface area contributed by atoms with Gasteiger partial charge in [0.05, 0.1) is 4.92 Å². The van der Waals surface area contributed by atoms with E-state index in [4.69, 9.17) is 0 Å². The standard InChI is InChI=1S/C11H15BrN2O4S/c1-3-7-13(4-2)19(17,18)11-8-9(12)5-6-10(11)14(15)16/h5-6,8H,3-4,7H2,1-2H3. The average molecular weight is 351 g/mol. The van der Waals surface area contributed by atoms with Gasteiger partial charge in [-0.2, -0.15) is 4.31 Å². The molecule has 0 bridgehead atoms. The summed E-state index contributed by atoms with van der Waals surface area (Å²) in [6, 6.07) is 3.91. The first-order chi connectivity index (χ1) is 8.84. The molecule has 0 unspecified atom stereocenters. The molecule has 0 saturated carbocycles. The summed E-state index contributed by atoms with van der Waals surface area (Å²) in [6.45, 7) is 4.17. The zero-order chi connectivity index (χ0) is 14.6. The van der Waals surface area contributed by atoms with Crippen LogP contribution in [-0.2, 0) is 10.0 Å². The first kappa shape index (κ1) is 16.1. The lowest BCUT2D eigenvalue weighted by Gasteiger charge is -2.19. The molecule has 0 aliphatic carbocycles. The van der Waals surface area contributed by atoms with Gasteiger partial charge in [0.15, 0.2) is 4.90 Å². The Morgan fingerprint density at radius 3 is 2.47 bits per heavy atom. The van der Waals surface area contributed by atoms with Crippen molar-refractivity contribution >= 4 is 31.6 Å². The molecule has 0 fully saturated rings. The van der Waals surface area contributed by atoms with E-state index in [0.717, 1.165) is 0 Å². The van der Waals surface area contributed by atoms with E-state index >= 15 is 0 Å². The van der Waals surface area contributed by atoms with Crippen LogP contribution in [-0.4, -0.2) is 30.7 Å². The van der Waals surface area contributed by atoms with Crippen LogP contribution in [0.2, 0.25) is 0 Å². The minimum absolute atomic E-state index is 0.276. The van der Waals surface area contributed by atoms with Crippen LogP contribution in [0, 0.1) is 10.1 Å². The van der Waals surface area contributed by atoms with Gasteiger partial charge in [0, 0.05) is 23.6 Å². The summed E-state index contributed by atoms with van der Waals surface area (Å²) in [4.78, 5) is 10.00. The predicted molar refractivity (Wildman–Crippen MR) is 75.5 cm³/mol. The van der Waals surface area contributed by atoms with E-state index < -0.39 is 20.6 Å². The molecule has 8 heteroatoms. The lowest BCUT2D eigenvalue weighted by Crippen LogP contribution is -2.32. The van der Waals surface area contributed by atoms with Gasteiger partial charge in [-0.15, -0.1) is 0 Å². The van der Waals surface area contributed by atoms with Crippen LogP contribution < -0.4 is 0 Å². The van der Waals surface area contributed by atoms with Crippen molar-refractivity contribution in [3.63, 3.8) is 0 Å². The predicted octanol–water partition coefficient (Wildman–Crippen LogP) is 2.78. The topological polar surface area (TPSA) is 80.5 Å². The Labute approximate surface area is 120 Å².